The molecule has 11 heteroatoms. The lowest BCUT2D eigenvalue weighted by atomic mass is 9.98. The van der Waals surface area contributed by atoms with Crippen LogP contribution in [-0.4, -0.2) is 49.7 Å². The van der Waals surface area contributed by atoms with Crippen molar-refractivity contribution in [3.8, 4) is 0 Å². The first-order chi connectivity index (χ1) is 16.1. The van der Waals surface area contributed by atoms with Crippen LogP contribution in [0, 0.1) is 11.7 Å². The van der Waals surface area contributed by atoms with Crippen molar-refractivity contribution < 1.29 is 31.9 Å². The van der Waals surface area contributed by atoms with Gasteiger partial charge in [-0.1, -0.05) is 12.1 Å². The van der Waals surface area contributed by atoms with Gasteiger partial charge < -0.3 is 15.4 Å². The first kappa shape index (κ1) is 25.3. The second-order valence-electron chi connectivity index (χ2n) is 7.94. The maximum Gasteiger partial charge on any atom is 0.309 e. The fraction of sp³-hybridized carbons (Fsp3) is 0.348. The van der Waals surface area contributed by atoms with Crippen LogP contribution in [0.1, 0.15) is 26.7 Å². The number of hydrogen-bond donors (Lipinski definition) is 2. The van der Waals surface area contributed by atoms with Crippen LogP contribution in [0.4, 0.5) is 15.8 Å². The van der Waals surface area contributed by atoms with Crippen LogP contribution in [0.3, 0.4) is 0 Å². The molecule has 1 aliphatic rings. The molecule has 182 valence electrons. The van der Waals surface area contributed by atoms with Gasteiger partial charge in [0.2, 0.25) is 15.9 Å². The molecule has 1 saturated heterocycles. The summed E-state index contributed by atoms with van der Waals surface area (Å²) in [7, 11) is -4.00. The van der Waals surface area contributed by atoms with E-state index in [1.54, 1.807) is 24.3 Å². The highest BCUT2D eigenvalue weighted by atomic mass is 32.2. The van der Waals surface area contributed by atoms with E-state index in [2.05, 4.69) is 10.6 Å². The lowest BCUT2D eigenvalue weighted by Gasteiger charge is -2.30. The highest BCUT2D eigenvalue weighted by molar-refractivity contribution is 7.89. The Bertz CT molecular complexity index is 1160. The minimum absolute atomic E-state index is 0.0393. The third kappa shape index (κ3) is 6.17. The van der Waals surface area contributed by atoms with Crippen LogP contribution in [0.2, 0.25) is 0 Å². The van der Waals surface area contributed by atoms with Crippen molar-refractivity contribution in [1.82, 2.24) is 4.31 Å². The number of rotatable bonds is 7. The standard InChI is InChI=1S/C23H26FN3O6S/c1-15(22(29)26-19-9-7-18(8-10-19)25-16(2)28)33-23(30)17-11-13-27(14-12-17)34(31,32)21-6-4-3-5-20(21)24/h3-10,15,17H,11-14H2,1-2H3,(H,25,28)(H,26,29)/t15-/m0/s1. The monoisotopic (exact) mass is 491 g/mol. The average Bonchev–Trinajstić information content (AvgIpc) is 2.80. The molecule has 3 rings (SSSR count). The van der Waals surface area contributed by atoms with E-state index < -0.39 is 44.6 Å². The number of ether oxygens (including phenoxy) is 1. The summed E-state index contributed by atoms with van der Waals surface area (Å²) in [6.07, 6.45) is -0.667. The lowest BCUT2D eigenvalue weighted by molar-refractivity contribution is -0.158. The van der Waals surface area contributed by atoms with E-state index in [0.29, 0.717) is 11.4 Å². The SMILES string of the molecule is CC(=O)Nc1ccc(NC(=O)[C@H](C)OC(=O)C2CCN(S(=O)(=O)c3ccccc3F)CC2)cc1. The van der Waals surface area contributed by atoms with E-state index >= 15 is 0 Å². The summed E-state index contributed by atoms with van der Waals surface area (Å²) in [5.74, 6) is -2.73. The number of anilines is 2. The van der Waals surface area contributed by atoms with Crippen molar-refractivity contribution >= 4 is 39.2 Å². The van der Waals surface area contributed by atoms with Gasteiger partial charge in [0.05, 0.1) is 5.92 Å². The number of carbonyl (C=O) groups is 3. The normalized spacial score (nSPS) is 15.9. The molecular formula is C23H26FN3O6S. The van der Waals surface area contributed by atoms with Crippen LogP contribution in [-0.2, 0) is 29.1 Å². The van der Waals surface area contributed by atoms with Gasteiger partial charge in [-0.25, -0.2) is 12.8 Å². The van der Waals surface area contributed by atoms with Gasteiger partial charge in [0.25, 0.3) is 5.91 Å². The van der Waals surface area contributed by atoms with E-state index in [9.17, 15) is 27.2 Å². The largest absolute Gasteiger partial charge is 0.452 e. The van der Waals surface area contributed by atoms with Crippen molar-refractivity contribution in [1.29, 1.82) is 0 Å². The summed E-state index contributed by atoms with van der Waals surface area (Å²) >= 11 is 0. The van der Waals surface area contributed by atoms with Crippen LogP contribution >= 0.6 is 0 Å². The summed E-state index contributed by atoms with van der Waals surface area (Å²) < 4.78 is 45.8. The molecule has 34 heavy (non-hydrogen) atoms. The van der Waals surface area contributed by atoms with Crippen molar-refractivity contribution in [2.75, 3.05) is 23.7 Å². The predicted octanol–water partition coefficient (Wildman–Crippen LogP) is 2.76. The van der Waals surface area contributed by atoms with Gasteiger partial charge >= 0.3 is 5.97 Å². The summed E-state index contributed by atoms with van der Waals surface area (Å²) in [5.41, 5.74) is 1.04. The summed E-state index contributed by atoms with van der Waals surface area (Å²) in [5, 5.41) is 5.24. The van der Waals surface area contributed by atoms with Crippen molar-refractivity contribution in [2.45, 2.75) is 37.7 Å². The second-order valence-corrected chi connectivity index (χ2v) is 9.84. The number of nitrogens with one attached hydrogen (secondary N) is 2. The van der Waals surface area contributed by atoms with Gasteiger partial charge in [-0.05, 0) is 56.2 Å². The number of piperidine rings is 1. The smallest absolute Gasteiger partial charge is 0.309 e. The molecular weight excluding hydrogens is 465 g/mol. The van der Waals surface area contributed by atoms with Crippen LogP contribution in [0.25, 0.3) is 0 Å². The highest BCUT2D eigenvalue weighted by Crippen LogP contribution is 2.26. The fourth-order valence-electron chi connectivity index (χ4n) is 3.53. The second kappa shape index (κ2) is 10.7. The Morgan fingerprint density at radius 3 is 2.12 bits per heavy atom. The van der Waals surface area contributed by atoms with Gasteiger partial charge in [-0.3, -0.25) is 14.4 Å². The zero-order valence-electron chi connectivity index (χ0n) is 18.8. The van der Waals surface area contributed by atoms with Crippen LogP contribution in [0.5, 0.6) is 0 Å². The molecule has 1 heterocycles. The zero-order valence-corrected chi connectivity index (χ0v) is 19.6. The third-order valence-electron chi connectivity index (χ3n) is 5.38. The molecule has 1 aliphatic heterocycles. The number of nitrogens with zero attached hydrogens (tertiary/aromatic N) is 1. The van der Waals surface area contributed by atoms with Crippen LogP contribution in [0.15, 0.2) is 53.4 Å². The Labute approximate surface area is 197 Å². The van der Waals surface area contributed by atoms with Crippen LogP contribution < -0.4 is 10.6 Å². The number of amides is 2. The molecule has 1 fully saturated rings. The molecule has 2 aromatic carbocycles. The van der Waals surface area contributed by atoms with Crippen molar-refractivity contribution in [3.63, 3.8) is 0 Å². The molecule has 0 radical (unpaired) electrons. The fourth-order valence-corrected chi connectivity index (χ4v) is 5.07. The van der Waals surface area contributed by atoms with E-state index in [4.69, 9.17) is 4.74 Å². The molecule has 1 atom stereocenters. The molecule has 0 aromatic heterocycles. The molecule has 2 aromatic rings. The predicted molar refractivity (Wildman–Crippen MR) is 123 cm³/mol. The lowest BCUT2D eigenvalue weighted by Crippen LogP contribution is -2.42. The Morgan fingerprint density at radius 2 is 1.56 bits per heavy atom. The van der Waals surface area contributed by atoms with Gasteiger partial charge in [-0.15, -0.1) is 0 Å². The molecule has 9 nitrogen and oxygen atoms in total. The number of benzene rings is 2. The van der Waals surface area contributed by atoms with E-state index in [-0.39, 0.29) is 31.8 Å². The average molecular weight is 492 g/mol. The summed E-state index contributed by atoms with van der Waals surface area (Å²) in [6.45, 7) is 2.91. The Morgan fingerprint density at radius 1 is 1.00 bits per heavy atom. The van der Waals surface area contributed by atoms with E-state index in [1.165, 1.54) is 32.0 Å². The third-order valence-corrected chi connectivity index (χ3v) is 7.31. The quantitative estimate of drug-likeness (QED) is 0.575. The maximum absolute atomic E-state index is 14.0. The van der Waals surface area contributed by atoms with Gasteiger partial charge in [0.15, 0.2) is 6.10 Å². The Hall–Kier alpha value is -3.31. The van der Waals surface area contributed by atoms with Crippen molar-refractivity contribution in [3.05, 3.63) is 54.3 Å². The Balaban J connectivity index is 1.51. The van der Waals surface area contributed by atoms with Gasteiger partial charge in [0, 0.05) is 31.4 Å². The molecule has 2 N–H and O–H groups in total. The number of esters is 1. The van der Waals surface area contributed by atoms with Gasteiger partial charge in [-0.2, -0.15) is 4.31 Å². The van der Waals surface area contributed by atoms with Crippen molar-refractivity contribution in [2.24, 2.45) is 5.92 Å². The minimum atomic E-state index is -4.00. The molecule has 0 aliphatic carbocycles. The summed E-state index contributed by atoms with van der Waals surface area (Å²) in [4.78, 5) is 35.6. The topological polar surface area (TPSA) is 122 Å². The maximum atomic E-state index is 14.0. The highest BCUT2D eigenvalue weighted by Gasteiger charge is 2.35. The number of carbonyl (C=O) groups excluding carboxylic acids is 3. The number of sulfonamides is 1. The molecule has 2 amide bonds. The molecule has 0 saturated carbocycles. The van der Waals surface area contributed by atoms with E-state index in [1.807, 2.05) is 0 Å². The minimum Gasteiger partial charge on any atom is -0.452 e. The first-order valence-corrected chi connectivity index (χ1v) is 12.2. The molecule has 0 spiro atoms. The van der Waals surface area contributed by atoms with E-state index in [0.717, 1.165) is 10.4 Å². The molecule has 0 unspecified atom stereocenters. The summed E-state index contributed by atoms with van der Waals surface area (Å²) in [6, 6.07) is 11.6. The zero-order chi connectivity index (χ0) is 24.9. The molecule has 0 bridgehead atoms. The Kier molecular flexibility index (Phi) is 8.00. The van der Waals surface area contributed by atoms with Gasteiger partial charge in [0.1, 0.15) is 10.7 Å². The number of halogens is 1. The number of hydrogen-bond acceptors (Lipinski definition) is 6. The first-order valence-electron chi connectivity index (χ1n) is 10.7.